The molecule has 0 unspecified atom stereocenters. The molecule has 26 nitrogen and oxygen atoms in total. The summed E-state index contributed by atoms with van der Waals surface area (Å²) >= 11 is 0. The molecule has 1 saturated heterocycles. The zero-order valence-corrected chi connectivity index (χ0v) is 76.0. The van der Waals surface area contributed by atoms with E-state index in [-0.39, 0.29) is 41.8 Å². The molecular formula is C111H105N21O5. The lowest BCUT2D eigenvalue weighted by atomic mass is 9.97. The zero-order chi connectivity index (χ0) is 92.6. The van der Waals surface area contributed by atoms with Gasteiger partial charge in [-0.2, -0.15) is 0 Å². The number of aromatic nitrogens is 18. The minimum atomic E-state index is -0.494. The van der Waals surface area contributed by atoms with E-state index in [0.29, 0.717) is 70.8 Å². The number of aryl methyl sites for hydroxylation is 6. The molecule has 9 N–H and O–H groups in total. The van der Waals surface area contributed by atoms with E-state index in [4.69, 9.17) is 40.1 Å². The highest BCUT2D eigenvalue weighted by atomic mass is 16.5. The molecule has 0 spiro atoms. The van der Waals surface area contributed by atoms with E-state index < -0.39 is 12.1 Å². The Morgan fingerprint density at radius 3 is 1.29 bits per heavy atom. The Hall–Kier alpha value is -16.5. The third-order valence-electron chi connectivity index (χ3n) is 26.2. The summed E-state index contributed by atoms with van der Waals surface area (Å²) in [6.07, 6.45) is 27.5. The number of aromatic amines is 6. The number of H-pyrrole nitrogens is 6. The molecule has 1 aliphatic heterocycles. The van der Waals surface area contributed by atoms with Crippen LogP contribution in [-0.2, 0) is 98.2 Å². The lowest BCUT2D eigenvalue weighted by molar-refractivity contribution is -0.128. The molecule has 3 atom stereocenters. The standard InChI is InChI=1S/C40H35N7O.C36H38N6O2.C35H32N8O2/c48-39(23-31-13-7-8-21-41-31)44-37(22-30-25-43-36-18-6-4-16-34(30)36)40-46-45-38(20-19-28-24-42-35-17-5-3-15-33(28)35)47(40)26-29-12-9-11-27-10-1-2-14-32(27)29;43-36(26-17-19-44-20-18-26)39-33(21-28-23-38-32-15-7-5-13-30(28)32)35-41-40-34(42(35)24-25-9-2-1-3-10-25)16-8-11-27-22-37-31-14-6-4-12-29(27)31;1-45-26-13-10-23(11-14-26)22-43-33(15-12-24-19-38-29-8-4-2-6-27(24)29)41-42-34(43)31(40-35(44)32-21-36-16-17-37-32)18-25-20-39-30-9-5-3-7-28(25)30/h1-18,21,24-25,37,42-43H,19-20,22-23,26H2,(H,44,48);1-7,9-10,12-15,22-23,26,33,37-38H,8,11,16-21,24H2,(H,39,43);2-11,13-14,16-17,19-21,31,38-39H,12,15,18,22H2,1H3,(H,40,44)/t37-;33-;31-/m110/s1. The number of para-hydroxylation sites is 6. The summed E-state index contributed by atoms with van der Waals surface area (Å²) < 4.78 is 17.5. The van der Waals surface area contributed by atoms with Crippen LogP contribution in [0.15, 0.2) is 323 Å². The fourth-order valence-corrected chi connectivity index (χ4v) is 19.1. The van der Waals surface area contributed by atoms with E-state index in [1.54, 1.807) is 19.5 Å². The maximum atomic E-state index is 13.6. The second-order valence-corrected chi connectivity index (χ2v) is 35.0. The van der Waals surface area contributed by atoms with E-state index >= 15 is 0 Å². The van der Waals surface area contributed by atoms with Gasteiger partial charge in [0.05, 0.1) is 57.5 Å². The van der Waals surface area contributed by atoms with Crippen LogP contribution in [0.4, 0.5) is 0 Å². The Balaban J connectivity index is 0.000000127. The van der Waals surface area contributed by atoms with Crippen molar-refractivity contribution in [3.8, 4) is 5.75 Å². The SMILES string of the molecule is COc1ccc(Cn2c(CCc3c[nH]c4ccccc34)nnc2[C@H](Cc2c[nH]c3ccccc23)NC(=O)c2cnccn2)cc1.O=C(Cc1ccccn1)N[C@H](Cc1c[nH]c2ccccc12)c1nnc(CCc2c[nH]c3ccccc23)n1Cc1cccc2ccccc12.O=C(N[C@H](Cc1c[nH]c2ccccc12)c1nnc(CCCc2c[nH]c3ccccc23)n1Cc1ccccc1)C1CCOCC1. The van der Waals surface area contributed by atoms with Gasteiger partial charge in [0, 0.05) is 185 Å². The minimum Gasteiger partial charge on any atom is -0.497 e. The molecule has 137 heavy (non-hydrogen) atoms. The van der Waals surface area contributed by atoms with Gasteiger partial charge in [-0.15, -0.1) is 30.6 Å². The van der Waals surface area contributed by atoms with Crippen molar-refractivity contribution in [2.45, 2.75) is 121 Å². The van der Waals surface area contributed by atoms with E-state index in [1.807, 2.05) is 109 Å². The lowest BCUT2D eigenvalue weighted by Crippen LogP contribution is -2.38. The van der Waals surface area contributed by atoms with Crippen LogP contribution < -0.4 is 20.7 Å². The molecule has 1 fully saturated rings. The Labute approximate surface area is 790 Å². The summed E-state index contributed by atoms with van der Waals surface area (Å²) in [6, 6.07) is 87.4. The number of fused-ring (bicyclic) bond motifs is 7. The van der Waals surface area contributed by atoms with E-state index in [9.17, 15) is 14.4 Å². The molecular weight excluding hydrogens is 1710 g/mol. The first-order valence-electron chi connectivity index (χ1n) is 46.9. The lowest BCUT2D eigenvalue weighted by Gasteiger charge is -2.25. The third kappa shape index (κ3) is 20.5. The number of amides is 3. The number of benzene rings is 10. The summed E-state index contributed by atoms with van der Waals surface area (Å²) in [5.41, 5.74) is 18.0. The van der Waals surface area contributed by atoms with Crippen LogP contribution in [0.3, 0.4) is 0 Å². The fourth-order valence-electron chi connectivity index (χ4n) is 19.1. The highest BCUT2D eigenvalue weighted by Crippen LogP contribution is 2.34. The van der Waals surface area contributed by atoms with Crippen molar-refractivity contribution in [2.75, 3.05) is 20.3 Å². The summed E-state index contributed by atoms with van der Waals surface area (Å²) in [6.45, 7) is 2.99. The number of methoxy groups -OCH3 is 1. The molecule has 684 valence electrons. The van der Waals surface area contributed by atoms with Gasteiger partial charge in [0.15, 0.2) is 17.5 Å². The predicted octanol–water partition coefficient (Wildman–Crippen LogP) is 19.1. The average molecular weight is 1810 g/mol. The summed E-state index contributed by atoms with van der Waals surface area (Å²) in [7, 11) is 1.66. The predicted molar refractivity (Wildman–Crippen MR) is 534 cm³/mol. The molecule has 1 aliphatic rings. The van der Waals surface area contributed by atoms with Crippen LogP contribution >= 0.6 is 0 Å². The maximum absolute atomic E-state index is 13.6. The van der Waals surface area contributed by atoms with Crippen LogP contribution in [-0.4, -0.2) is 127 Å². The fraction of sp³-hybridized carbons (Fsp3) is 0.207. The topological polar surface area (TPSA) is 331 Å². The van der Waals surface area contributed by atoms with Gasteiger partial charge in [0.25, 0.3) is 5.91 Å². The van der Waals surface area contributed by atoms with Crippen LogP contribution in [0.2, 0.25) is 0 Å². The van der Waals surface area contributed by atoms with Gasteiger partial charge in [-0.1, -0.05) is 200 Å². The summed E-state index contributed by atoms with van der Waals surface area (Å²) in [4.78, 5) is 73.8. The number of nitrogens with zero attached hydrogens (tertiary/aromatic N) is 12. The second-order valence-electron chi connectivity index (χ2n) is 35.0. The van der Waals surface area contributed by atoms with Crippen LogP contribution in [0, 0.1) is 5.92 Å². The number of hydrogen-bond donors (Lipinski definition) is 9. The van der Waals surface area contributed by atoms with Gasteiger partial charge < -0.3 is 69.0 Å². The molecule has 0 bridgehead atoms. The number of carbonyl (C=O) groups is 3. The van der Waals surface area contributed by atoms with E-state index in [0.717, 1.165) is 157 Å². The number of pyridine rings is 1. The van der Waals surface area contributed by atoms with E-state index in [2.05, 4.69) is 263 Å². The van der Waals surface area contributed by atoms with Crippen molar-refractivity contribution >= 4 is 93.9 Å². The molecule has 11 aromatic heterocycles. The monoisotopic (exact) mass is 1810 g/mol. The molecule has 26 heteroatoms. The molecule has 0 aliphatic carbocycles. The van der Waals surface area contributed by atoms with Gasteiger partial charge in [0.2, 0.25) is 11.8 Å². The third-order valence-corrected chi connectivity index (χ3v) is 26.2. The van der Waals surface area contributed by atoms with Crippen LogP contribution in [0.5, 0.6) is 5.75 Å². The highest BCUT2D eigenvalue weighted by Gasteiger charge is 2.32. The molecule has 0 saturated carbocycles. The van der Waals surface area contributed by atoms with Gasteiger partial charge in [-0.25, -0.2) is 4.98 Å². The van der Waals surface area contributed by atoms with E-state index in [1.165, 1.54) is 67.1 Å². The van der Waals surface area contributed by atoms with Crippen molar-refractivity contribution in [3.05, 3.63) is 419 Å². The molecule has 12 heterocycles. The maximum Gasteiger partial charge on any atom is 0.272 e. The molecule has 0 radical (unpaired) electrons. The molecule has 3 amide bonds. The minimum absolute atomic E-state index is 0.0599. The number of rotatable bonds is 33. The number of carbonyl (C=O) groups excluding carboxylic acids is 3. The summed E-state index contributed by atoms with van der Waals surface area (Å²) in [5.74, 6) is 5.20. The first-order chi connectivity index (χ1) is 67.6. The molecule has 10 aromatic carbocycles. The summed E-state index contributed by atoms with van der Waals surface area (Å²) in [5, 5.41) is 48.0. The Morgan fingerprint density at radius 1 is 0.380 bits per heavy atom. The quantitative estimate of drug-likeness (QED) is 0.0185. The molecule has 22 rings (SSSR count). The zero-order valence-electron chi connectivity index (χ0n) is 76.0. The van der Waals surface area contributed by atoms with Crippen molar-refractivity contribution in [2.24, 2.45) is 5.92 Å². The Morgan fingerprint density at radius 2 is 0.803 bits per heavy atom. The number of hydrogen-bond acceptors (Lipinski definition) is 14. The Bertz CT molecular complexity index is 7680. The van der Waals surface area contributed by atoms with Crippen LogP contribution in [0.1, 0.15) is 139 Å². The smallest absolute Gasteiger partial charge is 0.272 e. The van der Waals surface area contributed by atoms with Gasteiger partial charge >= 0.3 is 0 Å². The van der Waals surface area contributed by atoms with Crippen molar-refractivity contribution in [1.29, 1.82) is 0 Å². The number of ether oxygens (including phenoxy) is 2. The second kappa shape index (κ2) is 41.8. The first-order valence-corrected chi connectivity index (χ1v) is 46.9. The van der Waals surface area contributed by atoms with Crippen LogP contribution in [0.25, 0.3) is 76.2 Å². The average Bonchev–Trinajstić information content (AvgIpc) is 1.68. The van der Waals surface area contributed by atoms with Gasteiger partial charge in [-0.3, -0.25) is 24.4 Å². The largest absolute Gasteiger partial charge is 0.497 e. The van der Waals surface area contributed by atoms with Crippen molar-refractivity contribution in [1.82, 2.24) is 105 Å². The van der Waals surface area contributed by atoms with Gasteiger partial charge in [-0.05, 0) is 160 Å². The molecule has 21 aromatic rings. The van der Waals surface area contributed by atoms with Crippen molar-refractivity contribution < 1.29 is 23.9 Å². The van der Waals surface area contributed by atoms with Crippen molar-refractivity contribution in [3.63, 3.8) is 0 Å². The van der Waals surface area contributed by atoms with Gasteiger partial charge in [0.1, 0.15) is 28.9 Å². The highest BCUT2D eigenvalue weighted by molar-refractivity contribution is 5.93. The number of nitrogens with one attached hydrogen (secondary N) is 9. The normalized spacial score (nSPS) is 12.9. The first kappa shape index (κ1) is 88.4. The Kier molecular flexibility index (Phi) is 27.0.